The average Bonchev–Trinajstić information content (AvgIpc) is 3.08. The monoisotopic (exact) mass is 475 g/mol. The molecule has 0 aromatic carbocycles. The van der Waals surface area contributed by atoms with E-state index in [1.165, 1.54) is 83.5 Å². The Balaban J connectivity index is 2.07. The molecule has 1 N–H and O–H groups in total. The highest BCUT2D eigenvalue weighted by Crippen LogP contribution is 2.21. The van der Waals surface area contributed by atoms with Crippen LogP contribution in [0, 0.1) is 13.8 Å². The first kappa shape index (κ1) is 30.5. The Morgan fingerprint density at radius 1 is 0.676 bits per heavy atom. The number of carbonyl (C=O) groups excluding carboxylic acids is 1. The number of aryl methyl sites for hydroxylation is 2. The fourth-order valence-electron chi connectivity index (χ4n) is 5.00. The van der Waals surface area contributed by atoms with Crippen molar-refractivity contribution in [2.75, 3.05) is 0 Å². The lowest BCUT2D eigenvalue weighted by atomic mass is 10.0. The highest BCUT2D eigenvalue weighted by atomic mass is 16.4. The maximum atomic E-state index is 12.8. The minimum Gasteiger partial charge on any atom is -0.481 e. The first-order valence-corrected chi connectivity index (χ1v) is 14.4. The molecule has 34 heavy (non-hydrogen) atoms. The zero-order valence-electron chi connectivity index (χ0n) is 22.6. The van der Waals surface area contributed by atoms with E-state index in [0.29, 0.717) is 6.42 Å². The number of aliphatic carboxylic acids is 1. The lowest BCUT2D eigenvalue weighted by Gasteiger charge is -2.07. The average molecular weight is 476 g/mol. The zero-order valence-corrected chi connectivity index (χ0v) is 22.6. The summed E-state index contributed by atoms with van der Waals surface area (Å²) in [6, 6.07) is 0. The highest BCUT2D eigenvalue weighted by Gasteiger charge is 2.16. The Morgan fingerprint density at radius 3 is 1.62 bits per heavy atom. The Hall–Kier alpha value is -1.58. The minimum absolute atomic E-state index is 0.243. The second kappa shape index (κ2) is 19.7. The molecular weight excluding hydrogens is 422 g/mol. The van der Waals surface area contributed by atoms with Crippen LogP contribution in [0.5, 0.6) is 0 Å². The fraction of sp³-hybridized carbons (Fsp3) is 0.800. The fourth-order valence-corrected chi connectivity index (χ4v) is 5.00. The molecule has 0 amide bonds. The minimum atomic E-state index is -0.723. The van der Waals surface area contributed by atoms with Gasteiger partial charge in [-0.1, -0.05) is 103 Å². The van der Waals surface area contributed by atoms with Gasteiger partial charge in [0.2, 0.25) is 0 Å². The van der Waals surface area contributed by atoms with Gasteiger partial charge in [-0.05, 0) is 38.7 Å². The molecule has 0 saturated carbocycles. The standard InChI is InChI=1S/C30H53NO3/c1-4-5-6-7-8-9-10-11-12-13-14-15-16-17-19-22-28(32)30-26(2)25-31(27(30)3)24-21-18-20-23-29(33)34/h25H,4-24H2,1-3H3,(H,33,34). The number of carboxylic acids is 1. The van der Waals surface area contributed by atoms with Crippen LogP contribution in [0.1, 0.15) is 157 Å². The number of aromatic nitrogens is 1. The van der Waals surface area contributed by atoms with Crippen molar-refractivity contribution in [3.05, 3.63) is 23.0 Å². The summed E-state index contributed by atoms with van der Waals surface area (Å²) in [5.74, 6) is -0.436. The number of hydrogen-bond donors (Lipinski definition) is 1. The summed E-state index contributed by atoms with van der Waals surface area (Å²) >= 11 is 0. The molecule has 1 aromatic rings. The zero-order chi connectivity index (χ0) is 25.0. The molecule has 0 radical (unpaired) electrons. The highest BCUT2D eigenvalue weighted by molar-refractivity contribution is 5.98. The van der Waals surface area contributed by atoms with Crippen molar-refractivity contribution in [2.45, 2.75) is 156 Å². The molecule has 4 heteroatoms. The van der Waals surface area contributed by atoms with Crippen LogP contribution in [0.25, 0.3) is 0 Å². The summed E-state index contributed by atoms with van der Waals surface area (Å²) in [7, 11) is 0. The number of unbranched alkanes of at least 4 members (excludes halogenated alkanes) is 16. The van der Waals surface area contributed by atoms with E-state index in [0.717, 1.165) is 55.5 Å². The molecule has 1 rings (SSSR count). The summed E-state index contributed by atoms with van der Waals surface area (Å²) in [5, 5.41) is 8.74. The Kier molecular flexibility index (Phi) is 17.6. The van der Waals surface area contributed by atoms with Gasteiger partial charge >= 0.3 is 5.97 Å². The molecule has 0 aliphatic rings. The Morgan fingerprint density at radius 2 is 1.12 bits per heavy atom. The van der Waals surface area contributed by atoms with Gasteiger partial charge in [0, 0.05) is 36.8 Å². The number of hydrogen-bond acceptors (Lipinski definition) is 2. The number of rotatable bonds is 23. The molecule has 1 aromatic heterocycles. The van der Waals surface area contributed by atoms with E-state index in [9.17, 15) is 9.59 Å². The molecule has 196 valence electrons. The van der Waals surface area contributed by atoms with Gasteiger partial charge < -0.3 is 9.67 Å². The predicted molar refractivity (Wildman–Crippen MR) is 144 cm³/mol. The van der Waals surface area contributed by atoms with Crippen molar-refractivity contribution in [3.63, 3.8) is 0 Å². The number of carbonyl (C=O) groups is 2. The van der Waals surface area contributed by atoms with Crippen LogP contribution in [0.4, 0.5) is 0 Å². The number of nitrogens with zero attached hydrogens (tertiary/aromatic N) is 1. The third-order valence-corrected chi connectivity index (χ3v) is 7.11. The van der Waals surface area contributed by atoms with Crippen molar-refractivity contribution in [2.24, 2.45) is 0 Å². The van der Waals surface area contributed by atoms with Crippen molar-refractivity contribution < 1.29 is 14.7 Å². The van der Waals surface area contributed by atoms with E-state index < -0.39 is 5.97 Å². The van der Waals surface area contributed by atoms with Crippen molar-refractivity contribution in [1.29, 1.82) is 0 Å². The van der Waals surface area contributed by atoms with Crippen LogP contribution in [-0.4, -0.2) is 21.4 Å². The lowest BCUT2D eigenvalue weighted by Crippen LogP contribution is -2.05. The Bertz CT molecular complexity index is 677. The van der Waals surface area contributed by atoms with Crippen LogP contribution in [0.2, 0.25) is 0 Å². The smallest absolute Gasteiger partial charge is 0.303 e. The van der Waals surface area contributed by atoms with Crippen LogP contribution in [-0.2, 0) is 11.3 Å². The van der Waals surface area contributed by atoms with Gasteiger partial charge in [0.1, 0.15) is 0 Å². The lowest BCUT2D eigenvalue weighted by molar-refractivity contribution is -0.137. The van der Waals surface area contributed by atoms with E-state index >= 15 is 0 Å². The maximum Gasteiger partial charge on any atom is 0.303 e. The summed E-state index contributed by atoms with van der Waals surface area (Å²) in [6.45, 7) is 7.22. The van der Waals surface area contributed by atoms with Gasteiger partial charge in [0.05, 0.1) is 0 Å². The third-order valence-electron chi connectivity index (χ3n) is 7.11. The van der Waals surface area contributed by atoms with E-state index in [-0.39, 0.29) is 12.2 Å². The van der Waals surface area contributed by atoms with E-state index in [4.69, 9.17) is 5.11 Å². The van der Waals surface area contributed by atoms with Crippen LogP contribution in [0.15, 0.2) is 6.20 Å². The molecule has 4 nitrogen and oxygen atoms in total. The second-order valence-corrected chi connectivity index (χ2v) is 10.3. The first-order chi connectivity index (χ1) is 16.5. The van der Waals surface area contributed by atoms with Gasteiger partial charge in [-0.25, -0.2) is 0 Å². The molecule has 1 heterocycles. The van der Waals surface area contributed by atoms with Crippen LogP contribution < -0.4 is 0 Å². The third kappa shape index (κ3) is 14.0. The first-order valence-electron chi connectivity index (χ1n) is 14.4. The predicted octanol–water partition coefficient (Wildman–Crippen LogP) is 9.19. The van der Waals surface area contributed by atoms with E-state index in [1.807, 2.05) is 13.8 Å². The largest absolute Gasteiger partial charge is 0.481 e. The summed E-state index contributed by atoms with van der Waals surface area (Å²) in [5.41, 5.74) is 3.06. The molecule has 0 aliphatic heterocycles. The van der Waals surface area contributed by atoms with E-state index in [1.54, 1.807) is 0 Å². The normalized spacial score (nSPS) is 11.3. The SMILES string of the molecule is CCCCCCCCCCCCCCCCCC(=O)c1c(C)cn(CCCCCC(=O)O)c1C. The van der Waals surface area contributed by atoms with E-state index in [2.05, 4.69) is 17.7 Å². The molecule has 0 bridgehead atoms. The van der Waals surface area contributed by atoms with Gasteiger partial charge in [0.25, 0.3) is 0 Å². The molecule has 0 spiro atoms. The topological polar surface area (TPSA) is 59.3 Å². The van der Waals surface area contributed by atoms with Crippen molar-refractivity contribution in [3.8, 4) is 0 Å². The molecular formula is C30H53NO3. The van der Waals surface area contributed by atoms with Crippen LogP contribution >= 0.6 is 0 Å². The molecule has 0 atom stereocenters. The van der Waals surface area contributed by atoms with Gasteiger partial charge in [-0.15, -0.1) is 0 Å². The number of ketones is 1. The number of Topliss-reactive ketones (excluding diaryl/α,β-unsaturated/α-hetero) is 1. The number of carboxylic acid groups (broad SMARTS) is 1. The quantitative estimate of drug-likeness (QED) is 0.127. The maximum absolute atomic E-state index is 12.8. The van der Waals surface area contributed by atoms with Gasteiger partial charge in [-0.3, -0.25) is 9.59 Å². The summed E-state index contributed by atoms with van der Waals surface area (Å²) in [4.78, 5) is 23.4. The summed E-state index contributed by atoms with van der Waals surface area (Å²) < 4.78 is 2.18. The Labute approximate surface area is 209 Å². The molecule has 0 aliphatic carbocycles. The second-order valence-electron chi connectivity index (χ2n) is 10.3. The van der Waals surface area contributed by atoms with Gasteiger partial charge in [-0.2, -0.15) is 0 Å². The summed E-state index contributed by atoms with van der Waals surface area (Å²) in [6.07, 6.45) is 25.7. The van der Waals surface area contributed by atoms with Crippen molar-refractivity contribution >= 4 is 11.8 Å². The van der Waals surface area contributed by atoms with Gasteiger partial charge in [0.15, 0.2) is 5.78 Å². The van der Waals surface area contributed by atoms with Crippen molar-refractivity contribution in [1.82, 2.24) is 4.57 Å². The molecule has 0 saturated heterocycles. The molecule has 0 fully saturated rings. The molecule has 0 unspecified atom stereocenters. The van der Waals surface area contributed by atoms with Crippen LogP contribution in [0.3, 0.4) is 0 Å².